The molecule has 0 aliphatic heterocycles. The van der Waals surface area contributed by atoms with Gasteiger partial charge >= 0.3 is 0 Å². The van der Waals surface area contributed by atoms with Crippen molar-refractivity contribution in [2.75, 3.05) is 5.32 Å². The molecule has 0 spiro atoms. The summed E-state index contributed by atoms with van der Waals surface area (Å²) >= 11 is 2.71. The number of carbonyl (C=O) groups excluding carboxylic acids is 1. The summed E-state index contributed by atoms with van der Waals surface area (Å²) in [5.41, 5.74) is 2.99. The van der Waals surface area contributed by atoms with Gasteiger partial charge in [0.15, 0.2) is 0 Å². The molecule has 0 bridgehead atoms. The van der Waals surface area contributed by atoms with Crippen molar-refractivity contribution in [3.63, 3.8) is 0 Å². The van der Waals surface area contributed by atoms with Crippen molar-refractivity contribution in [3.8, 4) is 0 Å². The first-order valence-corrected chi connectivity index (χ1v) is 10.3. The minimum Gasteiger partial charge on any atom is -0.323 e. The van der Waals surface area contributed by atoms with Crippen LogP contribution in [0.15, 0.2) is 29.3 Å². The molecule has 1 aromatic carbocycles. The molecule has 27 heavy (non-hydrogen) atoms. The number of hydrogen-bond acceptors (Lipinski definition) is 7. The zero-order chi connectivity index (χ0) is 18.4. The largest absolute Gasteiger partial charge is 0.323 e. The Bertz CT molecular complexity index is 1240. The predicted molar refractivity (Wildman–Crippen MR) is 107 cm³/mol. The molecule has 1 aliphatic rings. The van der Waals surface area contributed by atoms with E-state index in [0.29, 0.717) is 16.6 Å². The lowest BCUT2D eigenvalue weighted by Gasteiger charge is -2.10. The van der Waals surface area contributed by atoms with Crippen LogP contribution in [0.2, 0.25) is 0 Å². The maximum atomic E-state index is 12.9. The zero-order valence-electron chi connectivity index (χ0n) is 14.3. The van der Waals surface area contributed by atoms with E-state index >= 15 is 0 Å². The number of anilines is 1. The summed E-state index contributed by atoms with van der Waals surface area (Å²) in [7, 11) is 0. The van der Waals surface area contributed by atoms with Gasteiger partial charge in [-0.1, -0.05) is 6.07 Å². The van der Waals surface area contributed by atoms with E-state index in [9.17, 15) is 9.59 Å². The van der Waals surface area contributed by atoms with Crippen LogP contribution in [0.4, 0.5) is 5.69 Å². The van der Waals surface area contributed by atoms with Gasteiger partial charge in [-0.15, -0.1) is 11.3 Å². The van der Waals surface area contributed by atoms with E-state index in [1.165, 1.54) is 15.8 Å². The molecule has 4 aromatic rings. The maximum Gasteiger partial charge on any atom is 0.262 e. The summed E-state index contributed by atoms with van der Waals surface area (Å²) < 4.78 is 9.77. The fraction of sp³-hybridized carbons (Fsp3) is 0.278. The summed E-state index contributed by atoms with van der Waals surface area (Å²) in [5.74, 6) is -0.289. The average Bonchev–Trinajstić information content (AvgIpc) is 3.29. The molecular weight excluding hydrogens is 382 g/mol. The van der Waals surface area contributed by atoms with Gasteiger partial charge in [0, 0.05) is 4.88 Å². The molecule has 0 radical (unpaired) electrons. The number of rotatable bonds is 3. The molecule has 3 heterocycles. The highest BCUT2D eigenvalue weighted by molar-refractivity contribution is 7.18. The molecule has 1 aliphatic carbocycles. The van der Waals surface area contributed by atoms with Gasteiger partial charge in [-0.3, -0.25) is 14.2 Å². The molecule has 9 heteroatoms. The van der Waals surface area contributed by atoms with Gasteiger partial charge in [0.2, 0.25) is 5.91 Å². The van der Waals surface area contributed by atoms with Crippen LogP contribution in [0.1, 0.15) is 23.3 Å². The summed E-state index contributed by atoms with van der Waals surface area (Å²) in [6, 6.07) is 5.44. The van der Waals surface area contributed by atoms with Crippen LogP contribution in [-0.2, 0) is 24.2 Å². The van der Waals surface area contributed by atoms with Crippen LogP contribution >= 0.6 is 23.1 Å². The number of fused-ring (bicyclic) bond motifs is 4. The van der Waals surface area contributed by atoms with E-state index in [2.05, 4.69) is 19.0 Å². The van der Waals surface area contributed by atoms with E-state index in [1.54, 1.807) is 17.4 Å². The number of thiophene rings is 1. The third-order valence-corrected chi connectivity index (χ3v) is 6.56. The lowest BCUT2D eigenvalue weighted by atomic mass is 9.97. The van der Waals surface area contributed by atoms with Crippen molar-refractivity contribution in [2.45, 2.75) is 32.2 Å². The first kappa shape index (κ1) is 16.5. The Morgan fingerprint density at radius 3 is 3.04 bits per heavy atom. The Hall–Kier alpha value is -2.65. The topological polar surface area (TPSA) is 89.8 Å². The minimum absolute atomic E-state index is 0.0830. The Balaban J connectivity index is 1.46. The van der Waals surface area contributed by atoms with Crippen LogP contribution in [0.5, 0.6) is 0 Å². The maximum absolute atomic E-state index is 12.9. The molecule has 0 fully saturated rings. The third kappa shape index (κ3) is 2.83. The van der Waals surface area contributed by atoms with Crippen LogP contribution < -0.4 is 10.9 Å². The van der Waals surface area contributed by atoms with E-state index in [4.69, 9.17) is 0 Å². The second kappa shape index (κ2) is 6.50. The molecule has 136 valence electrons. The molecule has 1 N–H and O–H groups in total. The Kier molecular flexibility index (Phi) is 3.98. The molecule has 0 saturated heterocycles. The second-order valence-corrected chi connectivity index (χ2v) is 8.17. The fourth-order valence-corrected chi connectivity index (χ4v) is 5.31. The summed E-state index contributed by atoms with van der Waals surface area (Å²) in [5, 5.41) is 3.52. The predicted octanol–water partition coefficient (Wildman–Crippen LogP) is 2.98. The lowest BCUT2D eigenvalue weighted by Crippen LogP contribution is -2.28. The van der Waals surface area contributed by atoms with Crippen molar-refractivity contribution >= 4 is 55.9 Å². The third-order valence-electron chi connectivity index (χ3n) is 4.82. The van der Waals surface area contributed by atoms with Gasteiger partial charge in [-0.2, -0.15) is 8.75 Å². The number of amides is 1. The smallest absolute Gasteiger partial charge is 0.262 e. The number of aromatic nitrogens is 4. The molecule has 7 nitrogen and oxygen atoms in total. The Labute approximate surface area is 162 Å². The molecule has 5 rings (SSSR count). The summed E-state index contributed by atoms with van der Waals surface area (Å²) in [6.45, 7) is -0.0830. The quantitative estimate of drug-likeness (QED) is 0.574. The molecule has 0 unspecified atom stereocenters. The number of benzene rings is 1. The average molecular weight is 397 g/mol. The molecule has 0 atom stereocenters. The highest BCUT2D eigenvalue weighted by atomic mass is 32.1. The molecule has 1 amide bonds. The van der Waals surface area contributed by atoms with Crippen molar-refractivity contribution < 1.29 is 4.79 Å². The van der Waals surface area contributed by atoms with Crippen LogP contribution in [0.25, 0.3) is 21.3 Å². The van der Waals surface area contributed by atoms with E-state index in [1.807, 2.05) is 12.1 Å². The van der Waals surface area contributed by atoms with E-state index < -0.39 is 0 Å². The fourth-order valence-electron chi connectivity index (χ4n) is 3.55. The van der Waals surface area contributed by atoms with Gasteiger partial charge in [0.25, 0.3) is 5.56 Å². The van der Waals surface area contributed by atoms with Crippen molar-refractivity contribution in [1.82, 2.24) is 18.3 Å². The molecule has 3 aromatic heterocycles. The minimum atomic E-state index is -0.289. The summed E-state index contributed by atoms with van der Waals surface area (Å²) in [6.07, 6.45) is 5.66. The van der Waals surface area contributed by atoms with Crippen LogP contribution in [0.3, 0.4) is 0 Å². The number of aryl methyl sites for hydroxylation is 2. The Morgan fingerprint density at radius 2 is 2.11 bits per heavy atom. The highest BCUT2D eigenvalue weighted by Crippen LogP contribution is 2.33. The second-order valence-electron chi connectivity index (χ2n) is 6.55. The van der Waals surface area contributed by atoms with Gasteiger partial charge in [0.05, 0.1) is 29.1 Å². The molecular formula is C18H15N5O2S2. The van der Waals surface area contributed by atoms with Crippen molar-refractivity contribution in [1.29, 1.82) is 0 Å². The SMILES string of the molecule is O=C(Cn1cnc2sc3c(c2c1=O)CCCC3)Nc1cccc2nsnc12. The first-order chi connectivity index (χ1) is 13.2. The van der Waals surface area contributed by atoms with Gasteiger partial charge in [0.1, 0.15) is 22.4 Å². The standard InChI is InChI=1S/C18H15N5O2S2/c24-14(20-11-5-3-6-12-16(11)22-27-21-12)8-23-9-19-17-15(18(23)25)10-4-1-2-7-13(10)26-17/h3,5-6,9H,1-2,4,7-8H2,(H,20,24). The lowest BCUT2D eigenvalue weighted by molar-refractivity contribution is -0.116. The van der Waals surface area contributed by atoms with Gasteiger partial charge < -0.3 is 5.32 Å². The molecule has 0 saturated carbocycles. The van der Waals surface area contributed by atoms with Crippen molar-refractivity contribution in [3.05, 3.63) is 45.3 Å². The van der Waals surface area contributed by atoms with E-state index in [-0.39, 0.29) is 18.0 Å². The van der Waals surface area contributed by atoms with Gasteiger partial charge in [-0.25, -0.2) is 4.98 Å². The first-order valence-electron chi connectivity index (χ1n) is 8.71. The zero-order valence-corrected chi connectivity index (χ0v) is 15.9. The van der Waals surface area contributed by atoms with Crippen molar-refractivity contribution in [2.24, 2.45) is 0 Å². The normalized spacial score (nSPS) is 13.8. The monoisotopic (exact) mass is 397 g/mol. The number of nitrogens with zero attached hydrogens (tertiary/aromatic N) is 4. The number of hydrogen-bond donors (Lipinski definition) is 1. The van der Waals surface area contributed by atoms with Gasteiger partial charge in [-0.05, 0) is 43.4 Å². The summed E-state index contributed by atoms with van der Waals surface area (Å²) in [4.78, 5) is 31.9. The number of carbonyl (C=O) groups is 1. The van der Waals surface area contributed by atoms with E-state index in [0.717, 1.165) is 53.3 Å². The number of nitrogens with one attached hydrogen (secondary N) is 1. The Morgan fingerprint density at radius 1 is 1.22 bits per heavy atom. The van der Waals surface area contributed by atoms with Crippen LogP contribution in [-0.4, -0.2) is 24.2 Å². The van der Waals surface area contributed by atoms with Crippen LogP contribution in [0, 0.1) is 0 Å². The highest BCUT2D eigenvalue weighted by Gasteiger charge is 2.20.